The first-order valence-corrected chi connectivity index (χ1v) is 8.81. The van der Waals surface area contributed by atoms with Crippen LogP contribution in [-0.2, 0) is 0 Å². The van der Waals surface area contributed by atoms with Crippen molar-refractivity contribution in [3.63, 3.8) is 0 Å². The van der Waals surface area contributed by atoms with Gasteiger partial charge in [0.15, 0.2) is 10.8 Å². The Morgan fingerprint density at radius 1 is 1.17 bits per heavy atom. The highest BCUT2D eigenvalue weighted by Gasteiger charge is 2.38. The Labute approximate surface area is 139 Å². The van der Waals surface area contributed by atoms with Crippen LogP contribution < -0.4 is 5.32 Å². The van der Waals surface area contributed by atoms with Crippen LogP contribution >= 0.6 is 11.3 Å². The number of rotatable bonds is 2. The van der Waals surface area contributed by atoms with Crippen molar-refractivity contribution in [1.29, 1.82) is 0 Å². The van der Waals surface area contributed by atoms with Crippen molar-refractivity contribution in [2.24, 2.45) is 5.41 Å². The Morgan fingerprint density at radius 3 is 2.65 bits per heavy atom. The first-order chi connectivity index (χ1) is 11.3. The Bertz CT molecular complexity index is 686. The van der Waals surface area contributed by atoms with Crippen LogP contribution in [0.25, 0.3) is 10.8 Å². The Hall–Kier alpha value is -1.86. The fourth-order valence-electron chi connectivity index (χ4n) is 3.45. The molecule has 2 aromatic rings. The third kappa shape index (κ3) is 2.86. The Kier molecular flexibility index (Phi) is 3.82. The number of nitrogens with one attached hydrogen (secondary N) is 1. The molecule has 4 heterocycles. The van der Waals surface area contributed by atoms with Gasteiger partial charge in [0.05, 0.1) is 6.20 Å². The minimum atomic E-state index is 0.0884. The lowest BCUT2D eigenvalue weighted by molar-refractivity contribution is 0.0612. The van der Waals surface area contributed by atoms with E-state index in [-0.39, 0.29) is 5.91 Å². The SMILES string of the molecule is O=C(c1cnc(-c2ncccn2)s1)N1CCC2(CCNC2)CC1. The van der Waals surface area contributed by atoms with Crippen molar-refractivity contribution in [3.05, 3.63) is 29.5 Å². The number of hydrogen-bond acceptors (Lipinski definition) is 6. The van der Waals surface area contributed by atoms with Crippen molar-refractivity contribution in [3.8, 4) is 10.8 Å². The van der Waals surface area contributed by atoms with E-state index in [1.54, 1.807) is 24.7 Å². The lowest BCUT2D eigenvalue weighted by Gasteiger charge is -2.38. The number of carbonyl (C=O) groups excluding carboxylic acids is 1. The van der Waals surface area contributed by atoms with Gasteiger partial charge in [-0.3, -0.25) is 4.79 Å². The van der Waals surface area contributed by atoms with Gasteiger partial charge in [0.25, 0.3) is 5.91 Å². The predicted molar refractivity (Wildman–Crippen MR) is 88.2 cm³/mol. The van der Waals surface area contributed by atoms with E-state index in [1.165, 1.54) is 17.8 Å². The van der Waals surface area contributed by atoms with Crippen LogP contribution in [0.5, 0.6) is 0 Å². The molecule has 0 unspecified atom stereocenters. The molecule has 0 bridgehead atoms. The topological polar surface area (TPSA) is 71.0 Å². The Balaban J connectivity index is 1.45. The molecule has 0 atom stereocenters. The van der Waals surface area contributed by atoms with Gasteiger partial charge in [-0.15, -0.1) is 11.3 Å². The van der Waals surface area contributed by atoms with Crippen molar-refractivity contribution < 1.29 is 4.79 Å². The summed E-state index contributed by atoms with van der Waals surface area (Å²) >= 11 is 1.37. The number of hydrogen-bond donors (Lipinski definition) is 1. The molecule has 2 aliphatic rings. The third-order valence-corrected chi connectivity index (χ3v) is 5.90. The van der Waals surface area contributed by atoms with E-state index in [0.29, 0.717) is 21.1 Å². The number of aromatic nitrogens is 3. The highest BCUT2D eigenvalue weighted by molar-refractivity contribution is 7.16. The van der Waals surface area contributed by atoms with Gasteiger partial charge in [0.2, 0.25) is 0 Å². The standard InChI is InChI=1S/C16H19N5OS/c22-15(21-8-3-16(4-9-21)2-7-17-11-16)12-10-20-14(23-12)13-18-5-1-6-19-13/h1,5-6,10,17H,2-4,7-9,11H2. The van der Waals surface area contributed by atoms with Crippen molar-refractivity contribution in [2.45, 2.75) is 19.3 Å². The molecule has 2 aromatic heterocycles. The number of amides is 1. The van der Waals surface area contributed by atoms with Gasteiger partial charge >= 0.3 is 0 Å². The second-order valence-electron chi connectivity index (χ2n) is 6.32. The summed E-state index contributed by atoms with van der Waals surface area (Å²) in [7, 11) is 0. The van der Waals surface area contributed by atoms with E-state index in [9.17, 15) is 4.79 Å². The molecule has 1 spiro atoms. The summed E-state index contributed by atoms with van der Waals surface area (Å²) in [6.45, 7) is 3.90. The van der Waals surface area contributed by atoms with Crippen LogP contribution in [0.2, 0.25) is 0 Å². The second kappa shape index (κ2) is 5.98. The molecular weight excluding hydrogens is 310 g/mol. The lowest BCUT2D eigenvalue weighted by Crippen LogP contribution is -2.43. The molecule has 6 nitrogen and oxygen atoms in total. The normalized spacial score (nSPS) is 20.1. The van der Waals surface area contributed by atoms with Crippen LogP contribution in [0.4, 0.5) is 0 Å². The van der Waals surface area contributed by atoms with E-state index in [0.717, 1.165) is 39.0 Å². The van der Waals surface area contributed by atoms with E-state index in [4.69, 9.17) is 0 Å². The van der Waals surface area contributed by atoms with Gasteiger partial charge in [-0.05, 0) is 37.3 Å². The minimum absolute atomic E-state index is 0.0884. The number of likely N-dealkylation sites (tertiary alicyclic amines) is 1. The maximum Gasteiger partial charge on any atom is 0.265 e. The smallest absolute Gasteiger partial charge is 0.265 e. The third-order valence-electron chi connectivity index (χ3n) is 4.92. The zero-order chi connectivity index (χ0) is 15.7. The van der Waals surface area contributed by atoms with Crippen molar-refractivity contribution >= 4 is 17.2 Å². The summed E-state index contributed by atoms with van der Waals surface area (Å²) in [6.07, 6.45) is 8.46. The van der Waals surface area contributed by atoms with Crippen LogP contribution in [0, 0.1) is 5.41 Å². The van der Waals surface area contributed by atoms with Gasteiger partial charge in [0, 0.05) is 32.0 Å². The van der Waals surface area contributed by atoms with Gasteiger partial charge in [0.1, 0.15) is 4.88 Å². The zero-order valence-electron chi connectivity index (χ0n) is 12.9. The highest BCUT2D eigenvalue weighted by Crippen LogP contribution is 2.37. The second-order valence-corrected chi connectivity index (χ2v) is 7.35. The summed E-state index contributed by atoms with van der Waals surface area (Å²) in [6, 6.07) is 1.77. The van der Waals surface area contributed by atoms with E-state index >= 15 is 0 Å². The molecule has 0 saturated carbocycles. The lowest BCUT2D eigenvalue weighted by atomic mass is 9.78. The number of carbonyl (C=O) groups is 1. The summed E-state index contributed by atoms with van der Waals surface area (Å²) in [5.41, 5.74) is 0.424. The van der Waals surface area contributed by atoms with Crippen molar-refractivity contribution in [1.82, 2.24) is 25.2 Å². The number of piperidine rings is 1. The first kappa shape index (κ1) is 14.7. The maximum absolute atomic E-state index is 12.7. The van der Waals surface area contributed by atoms with E-state index in [2.05, 4.69) is 20.3 Å². The molecule has 7 heteroatoms. The molecule has 0 aromatic carbocycles. The minimum Gasteiger partial charge on any atom is -0.338 e. The molecule has 120 valence electrons. The molecule has 4 rings (SSSR count). The van der Waals surface area contributed by atoms with E-state index < -0.39 is 0 Å². The van der Waals surface area contributed by atoms with Crippen LogP contribution in [-0.4, -0.2) is 51.9 Å². The quantitative estimate of drug-likeness (QED) is 0.910. The number of nitrogens with zero attached hydrogens (tertiary/aromatic N) is 4. The fraction of sp³-hybridized carbons (Fsp3) is 0.500. The average Bonchev–Trinajstić information content (AvgIpc) is 3.26. The van der Waals surface area contributed by atoms with Gasteiger partial charge in [-0.25, -0.2) is 15.0 Å². The molecule has 1 N–H and O–H groups in total. The molecule has 2 fully saturated rings. The average molecular weight is 329 g/mol. The fourth-order valence-corrected chi connectivity index (χ4v) is 4.28. The molecule has 0 radical (unpaired) electrons. The van der Waals surface area contributed by atoms with Gasteiger partial charge in [-0.1, -0.05) is 0 Å². The van der Waals surface area contributed by atoms with Crippen LogP contribution in [0.3, 0.4) is 0 Å². The number of thiazole rings is 1. The maximum atomic E-state index is 12.7. The molecule has 23 heavy (non-hydrogen) atoms. The van der Waals surface area contributed by atoms with Crippen LogP contribution in [0.1, 0.15) is 28.9 Å². The molecule has 2 saturated heterocycles. The zero-order valence-corrected chi connectivity index (χ0v) is 13.7. The molecule has 2 aliphatic heterocycles. The predicted octanol–water partition coefficient (Wildman–Crippen LogP) is 1.82. The molecule has 0 aliphatic carbocycles. The molecule has 1 amide bonds. The van der Waals surface area contributed by atoms with Gasteiger partial charge in [-0.2, -0.15) is 0 Å². The first-order valence-electron chi connectivity index (χ1n) is 7.99. The summed E-state index contributed by atoms with van der Waals surface area (Å²) in [4.78, 5) is 28.0. The summed E-state index contributed by atoms with van der Waals surface area (Å²) in [5.74, 6) is 0.664. The molecular formula is C16H19N5OS. The summed E-state index contributed by atoms with van der Waals surface area (Å²) in [5, 5.41) is 4.15. The van der Waals surface area contributed by atoms with Crippen molar-refractivity contribution in [2.75, 3.05) is 26.2 Å². The van der Waals surface area contributed by atoms with Crippen LogP contribution in [0.15, 0.2) is 24.7 Å². The van der Waals surface area contributed by atoms with E-state index in [1.807, 2.05) is 4.90 Å². The monoisotopic (exact) mass is 329 g/mol. The highest BCUT2D eigenvalue weighted by atomic mass is 32.1. The largest absolute Gasteiger partial charge is 0.338 e. The van der Waals surface area contributed by atoms with Gasteiger partial charge < -0.3 is 10.2 Å². The summed E-state index contributed by atoms with van der Waals surface area (Å²) < 4.78 is 0. The Morgan fingerprint density at radius 2 is 1.96 bits per heavy atom.